The Balaban J connectivity index is 1.19. The van der Waals surface area contributed by atoms with Crippen LogP contribution < -0.4 is 32.3 Å². The molecule has 26 heteroatoms. The summed E-state index contributed by atoms with van der Waals surface area (Å²) in [6, 6.07) is -0.491. The number of rotatable bonds is 59. The Bertz CT molecular complexity index is 1450. The number of urea groups is 1. The SMILES string of the molecule is CCCOCCOCCOCCOCCC(=O)NCCOCCOCCOCCOCCOCCOCCOCCOCCOCCOCCC(=O)N[C@@H](CCCCNC(=O)CCCC[C@@H]1SC[C@@H]2NC(=O)N[C@@H]21)C(N)=O. The van der Waals surface area contributed by atoms with Gasteiger partial charge in [-0.15, -0.1) is 0 Å². The maximum Gasteiger partial charge on any atom is 0.315 e. The van der Waals surface area contributed by atoms with E-state index < -0.39 is 11.9 Å². The molecule has 2 heterocycles. The topological polar surface area (TPSA) is 301 Å². The van der Waals surface area contributed by atoms with Crippen LogP contribution in [0.15, 0.2) is 0 Å². The molecule has 7 N–H and O–H groups in total. The second-order valence-electron chi connectivity index (χ2n) is 17.7. The third-order valence-corrected chi connectivity index (χ3v) is 12.8. The highest BCUT2D eigenvalue weighted by atomic mass is 32.2. The number of nitrogens with two attached hydrogens (primary N) is 1. The smallest absolute Gasteiger partial charge is 0.315 e. The van der Waals surface area contributed by atoms with Gasteiger partial charge in [-0.3, -0.25) is 19.2 Å². The molecule has 450 valence electrons. The average Bonchev–Trinajstić information content (AvgIpc) is 3.99. The van der Waals surface area contributed by atoms with E-state index >= 15 is 0 Å². The molecule has 0 spiro atoms. The molecule has 2 saturated heterocycles. The fourth-order valence-corrected chi connectivity index (χ4v) is 8.83. The molecular formula is C51H96N6O19S. The van der Waals surface area contributed by atoms with E-state index in [-0.39, 0.29) is 55.3 Å². The van der Waals surface area contributed by atoms with Gasteiger partial charge in [0, 0.05) is 50.0 Å². The van der Waals surface area contributed by atoms with Crippen LogP contribution in [0.2, 0.25) is 0 Å². The number of carbonyl (C=O) groups excluding carboxylic acids is 5. The zero-order valence-corrected chi connectivity index (χ0v) is 46.9. The highest BCUT2D eigenvalue weighted by molar-refractivity contribution is 8.00. The third-order valence-electron chi connectivity index (χ3n) is 11.3. The van der Waals surface area contributed by atoms with Crippen LogP contribution in [0.25, 0.3) is 0 Å². The predicted octanol–water partition coefficient (Wildman–Crippen LogP) is 0.508. The molecule has 4 atom stereocenters. The van der Waals surface area contributed by atoms with Gasteiger partial charge in [-0.05, 0) is 38.5 Å². The summed E-state index contributed by atoms with van der Waals surface area (Å²) in [5.74, 6) is -0.105. The summed E-state index contributed by atoms with van der Waals surface area (Å²) >= 11 is 1.87. The van der Waals surface area contributed by atoms with Gasteiger partial charge >= 0.3 is 6.03 Å². The lowest BCUT2D eigenvalue weighted by Gasteiger charge is -2.16. The van der Waals surface area contributed by atoms with Crippen molar-refractivity contribution in [2.75, 3.05) is 204 Å². The van der Waals surface area contributed by atoms with Crippen molar-refractivity contribution >= 4 is 41.4 Å². The number of hydrogen-bond donors (Lipinski definition) is 6. The Morgan fingerprint density at radius 3 is 1.31 bits per heavy atom. The van der Waals surface area contributed by atoms with Crippen LogP contribution in [0, 0.1) is 0 Å². The van der Waals surface area contributed by atoms with Crippen molar-refractivity contribution in [3.05, 3.63) is 0 Å². The largest absolute Gasteiger partial charge is 0.379 e. The van der Waals surface area contributed by atoms with Crippen molar-refractivity contribution in [3.63, 3.8) is 0 Å². The first-order valence-electron chi connectivity index (χ1n) is 27.7. The highest BCUT2D eigenvalue weighted by Crippen LogP contribution is 2.33. The van der Waals surface area contributed by atoms with Crippen molar-refractivity contribution in [2.24, 2.45) is 5.73 Å². The van der Waals surface area contributed by atoms with Crippen molar-refractivity contribution < 1.29 is 90.3 Å². The maximum absolute atomic E-state index is 12.4. The Morgan fingerprint density at radius 2 is 0.870 bits per heavy atom. The minimum atomic E-state index is -0.787. The number of fused-ring (bicyclic) bond motifs is 1. The highest BCUT2D eigenvalue weighted by Gasteiger charge is 2.42. The van der Waals surface area contributed by atoms with E-state index in [4.69, 9.17) is 72.0 Å². The standard InChI is InChI=1S/C51H96N6O19S/c1-2-14-63-18-22-67-26-27-68-23-19-64-15-10-47(59)54-13-17-66-21-25-70-29-31-72-33-35-74-37-39-76-41-40-75-38-36-73-34-32-71-30-28-69-24-20-65-16-11-48(60)55-43(50(52)61)7-5-6-12-53-46(58)9-4-3-8-45-49-44(42-77-45)56-51(62)57-49/h43-45,49H,2-42H2,1H3,(H2,52,61)(H,53,58)(H,54,59)(H,55,60)(H2,56,57,62)/t43-,44-,45-,49-/m0/s1. The molecule has 6 amide bonds. The summed E-state index contributed by atoms with van der Waals surface area (Å²) < 4.78 is 76.6. The molecule has 25 nitrogen and oxygen atoms in total. The fourth-order valence-electron chi connectivity index (χ4n) is 7.28. The second-order valence-corrected chi connectivity index (χ2v) is 18.9. The van der Waals surface area contributed by atoms with E-state index in [1.54, 1.807) is 0 Å². The lowest BCUT2D eigenvalue weighted by atomic mass is 10.0. The van der Waals surface area contributed by atoms with Gasteiger partial charge < -0.3 is 98.6 Å². The molecule has 0 aliphatic carbocycles. The van der Waals surface area contributed by atoms with Crippen molar-refractivity contribution in [1.82, 2.24) is 26.6 Å². The number of primary amides is 1. The Hall–Kier alpha value is -3.06. The molecule has 0 aromatic heterocycles. The van der Waals surface area contributed by atoms with E-state index in [1.165, 1.54) is 0 Å². The lowest BCUT2D eigenvalue weighted by Crippen LogP contribution is -2.44. The van der Waals surface area contributed by atoms with Crippen LogP contribution in [0.1, 0.15) is 71.1 Å². The maximum atomic E-state index is 12.4. The quantitative estimate of drug-likeness (QED) is 0.0357. The number of carbonyl (C=O) groups is 5. The number of thioether (sulfide) groups is 1. The minimum absolute atomic E-state index is 0.00655. The molecule has 0 saturated carbocycles. The molecule has 2 fully saturated rings. The van der Waals surface area contributed by atoms with Crippen LogP contribution in [0.3, 0.4) is 0 Å². The number of nitrogens with one attached hydrogen (secondary N) is 5. The summed E-state index contributed by atoms with van der Waals surface area (Å²) in [7, 11) is 0. The number of unbranched alkanes of at least 4 members (excludes halogenated alkanes) is 2. The van der Waals surface area contributed by atoms with Gasteiger partial charge in [-0.1, -0.05) is 13.3 Å². The van der Waals surface area contributed by atoms with Crippen LogP contribution in [0.5, 0.6) is 0 Å². The van der Waals surface area contributed by atoms with Gasteiger partial charge in [0.1, 0.15) is 6.04 Å². The molecule has 2 aliphatic heterocycles. The molecule has 77 heavy (non-hydrogen) atoms. The summed E-state index contributed by atoms with van der Waals surface area (Å²) in [6.07, 6.45) is 6.13. The normalized spacial score (nSPS) is 16.3. The van der Waals surface area contributed by atoms with Crippen molar-refractivity contribution in [3.8, 4) is 0 Å². The van der Waals surface area contributed by atoms with E-state index in [9.17, 15) is 24.0 Å². The van der Waals surface area contributed by atoms with Crippen LogP contribution in [0.4, 0.5) is 4.79 Å². The number of hydrogen-bond acceptors (Lipinski definition) is 20. The first-order chi connectivity index (χ1) is 37.8. The van der Waals surface area contributed by atoms with Crippen LogP contribution in [-0.4, -0.2) is 257 Å². The summed E-state index contributed by atoms with van der Waals surface area (Å²) in [4.78, 5) is 59.9. The summed E-state index contributed by atoms with van der Waals surface area (Å²) in [5, 5.41) is 14.7. The molecule has 2 rings (SSSR count). The zero-order chi connectivity index (χ0) is 55.3. The molecule has 0 aromatic rings. The first-order valence-corrected chi connectivity index (χ1v) is 28.7. The van der Waals surface area contributed by atoms with E-state index in [1.807, 2.05) is 11.8 Å². The molecular weight excluding hydrogens is 1030 g/mol. The molecule has 0 unspecified atom stereocenters. The fraction of sp³-hybridized carbons (Fsp3) is 0.902. The van der Waals surface area contributed by atoms with Crippen molar-refractivity contribution in [2.45, 2.75) is 94.5 Å². The van der Waals surface area contributed by atoms with Gasteiger partial charge in [0.05, 0.1) is 190 Å². The minimum Gasteiger partial charge on any atom is -0.379 e. The van der Waals surface area contributed by atoms with E-state index in [2.05, 4.69) is 33.5 Å². The Kier molecular flexibility index (Phi) is 47.6. The average molecular weight is 1130 g/mol. The third kappa shape index (κ3) is 43.4. The predicted molar refractivity (Wildman–Crippen MR) is 286 cm³/mol. The number of amides is 6. The molecule has 0 aromatic carbocycles. The number of ether oxygens (including phenoxy) is 14. The monoisotopic (exact) mass is 1130 g/mol. The van der Waals surface area contributed by atoms with Crippen LogP contribution in [-0.2, 0) is 85.5 Å². The molecule has 2 aliphatic rings. The van der Waals surface area contributed by atoms with Gasteiger partial charge in [-0.25, -0.2) is 4.79 Å². The summed E-state index contributed by atoms with van der Waals surface area (Å²) in [6.45, 7) is 15.4. The van der Waals surface area contributed by atoms with Gasteiger partial charge in [-0.2, -0.15) is 11.8 Å². The lowest BCUT2D eigenvalue weighted by molar-refractivity contribution is -0.128. The molecule has 0 bridgehead atoms. The van der Waals surface area contributed by atoms with Gasteiger partial charge in [0.2, 0.25) is 23.6 Å². The van der Waals surface area contributed by atoms with Crippen LogP contribution >= 0.6 is 11.8 Å². The first kappa shape index (κ1) is 70.0. The van der Waals surface area contributed by atoms with E-state index in [0.717, 1.165) is 38.0 Å². The zero-order valence-electron chi connectivity index (χ0n) is 46.0. The summed E-state index contributed by atoms with van der Waals surface area (Å²) in [5.41, 5.74) is 5.51. The Labute approximate surface area is 461 Å². The Morgan fingerprint density at radius 1 is 0.481 bits per heavy atom. The molecule has 0 radical (unpaired) electrons. The van der Waals surface area contributed by atoms with Crippen molar-refractivity contribution in [1.29, 1.82) is 0 Å². The van der Waals surface area contributed by atoms with Gasteiger partial charge in [0.25, 0.3) is 0 Å². The van der Waals surface area contributed by atoms with Gasteiger partial charge in [0.15, 0.2) is 0 Å². The van der Waals surface area contributed by atoms with E-state index in [0.29, 0.717) is 216 Å². The second kappa shape index (κ2) is 52.3.